The summed E-state index contributed by atoms with van der Waals surface area (Å²) in [5.74, 6) is -1.27. The van der Waals surface area contributed by atoms with Gasteiger partial charge in [-0.1, -0.05) is 12.1 Å². The molecule has 0 radical (unpaired) electrons. The van der Waals surface area contributed by atoms with E-state index < -0.39 is 11.6 Å². The first kappa shape index (κ1) is 21.5. The number of H-pyrrole nitrogens is 1. The highest BCUT2D eigenvalue weighted by Crippen LogP contribution is 2.24. The van der Waals surface area contributed by atoms with E-state index in [1.54, 1.807) is 54.5 Å². The Hall–Kier alpha value is -3.68. The number of amides is 2. The Kier molecular flexibility index (Phi) is 6.20. The van der Waals surface area contributed by atoms with E-state index in [4.69, 9.17) is 0 Å². The van der Waals surface area contributed by atoms with Crippen LogP contribution in [0.25, 0.3) is 11.1 Å². The fourth-order valence-electron chi connectivity index (χ4n) is 4.00. The predicted octanol–water partition coefficient (Wildman–Crippen LogP) is 4.45. The van der Waals surface area contributed by atoms with Crippen molar-refractivity contribution >= 4 is 17.4 Å². The maximum absolute atomic E-state index is 13.4. The second-order valence-corrected chi connectivity index (χ2v) is 7.88. The SMILES string of the molecule is CN(C(=O)Nc1ccc(-c2cc(F)cc(F)c2)cc1)C1CCN(c2ccc[nH]c2=O)CC1. The minimum Gasteiger partial charge on any atom is -0.367 e. The molecule has 0 bridgehead atoms. The molecular weight excluding hydrogens is 414 g/mol. The third-order valence-electron chi connectivity index (χ3n) is 5.80. The van der Waals surface area contributed by atoms with Gasteiger partial charge in [0.15, 0.2) is 0 Å². The molecule has 0 unspecified atom stereocenters. The monoisotopic (exact) mass is 438 g/mol. The normalized spacial score (nSPS) is 14.3. The van der Waals surface area contributed by atoms with Crippen LogP contribution in [0.15, 0.2) is 65.6 Å². The van der Waals surface area contributed by atoms with Crippen LogP contribution in [0, 0.1) is 11.6 Å². The van der Waals surface area contributed by atoms with Crippen LogP contribution >= 0.6 is 0 Å². The molecule has 1 aromatic heterocycles. The van der Waals surface area contributed by atoms with Crippen molar-refractivity contribution in [2.45, 2.75) is 18.9 Å². The number of rotatable bonds is 4. The minimum atomic E-state index is -0.637. The molecule has 4 rings (SSSR count). The maximum Gasteiger partial charge on any atom is 0.321 e. The highest BCUT2D eigenvalue weighted by atomic mass is 19.1. The number of piperidine rings is 1. The summed E-state index contributed by atoms with van der Waals surface area (Å²) in [6, 6.07) is 13.6. The number of hydrogen-bond donors (Lipinski definition) is 2. The smallest absolute Gasteiger partial charge is 0.321 e. The fraction of sp³-hybridized carbons (Fsp3) is 0.250. The van der Waals surface area contributed by atoms with E-state index in [9.17, 15) is 18.4 Å². The first-order chi connectivity index (χ1) is 15.4. The molecule has 1 saturated heterocycles. The van der Waals surface area contributed by atoms with Gasteiger partial charge in [0.1, 0.15) is 17.3 Å². The number of halogens is 2. The molecule has 0 spiro atoms. The number of nitrogens with zero attached hydrogens (tertiary/aromatic N) is 2. The molecule has 2 amide bonds. The van der Waals surface area contributed by atoms with Crippen LogP contribution < -0.4 is 15.8 Å². The van der Waals surface area contributed by atoms with Crippen molar-refractivity contribution in [1.29, 1.82) is 0 Å². The molecule has 3 aromatic rings. The van der Waals surface area contributed by atoms with Crippen molar-refractivity contribution < 1.29 is 13.6 Å². The number of benzene rings is 2. The van der Waals surface area contributed by atoms with Gasteiger partial charge < -0.3 is 20.1 Å². The molecule has 0 saturated carbocycles. The van der Waals surface area contributed by atoms with Gasteiger partial charge in [0.25, 0.3) is 5.56 Å². The van der Waals surface area contributed by atoms with Gasteiger partial charge in [0, 0.05) is 44.1 Å². The van der Waals surface area contributed by atoms with Gasteiger partial charge in [-0.2, -0.15) is 0 Å². The van der Waals surface area contributed by atoms with Gasteiger partial charge in [0.05, 0.1) is 0 Å². The summed E-state index contributed by atoms with van der Waals surface area (Å²) in [7, 11) is 1.76. The highest BCUT2D eigenvalue weighted by Gasteiger charge is 2.26. The minimum absolute atomic E-state index is 0.0589. The topological polar surface area (TPSA) is 68.4 Å². The first-order valence-electron chi connectivity index (χ1n) is 10.4. The highest BCUT2D eigenvalue weighted by molar-refractivity contribution is 5.89. The van der Waals surface area contributed by atoms with Crippen molar-refractivity contribution in [2.75, 3.05) is 30.4 Å². The fourth-order valence-corrected chi connectivity index (χ4v) is 4.00. The molecule has 8 heteroatoms. The molecule has 0 aliphatic carbocycles. The zero-order valence-electron chi connectivity index (χ0n) is 17.6. The number of pyridine rings is 1. The van der Waals surface area contributed by atoms with E-state index in [0.29, 0.717) is 35.6 Å². The average molecular weight is 438 g/mol. The van der Waals surface area contributed by atoms with E-state index in [-0.39, 0.29) is 17.6 Å². The molecule has 2 aromatic carbocycles. The Morgan fingerprint density at radius 1 is 1.03 bits per heavy atom. The number of carbonyl (C=O) groups is 1. The molecule has 0 atom stereocenters. The van der Waals surface area contributed by atoms with Crippen LogP contribution in [0.2, 0.25) is 0 Å². The molecule has 2 heterocycles. The lowest BCUT2D eigenvalue weighted by molar-refractivity contribution is 0.193. The van der Waals surface area contributed by atoms with E-state index >= 15 is 0 Å². The molecule has 1 aliphatic heterocycles. The molecular formula is C24H24F2N4O2. The summed E-state index contributed by atoms with van der Waals surface area (Å²) in [6.07, 6.45) is 3.12. The summed E-state index contributed by atoms with van der Waals surface area (Å²) in [6.45, 7) is 1.38. The van der Waals surface area contributed by atoms with Crippen LogP contribution in [0.4, 0.5) is 25.0 Å². The zero-order valence-corrected chi connectivity index (χ0v) is 17.6. The predicted molar refractivity (Wildman–Crippen MR) is 121 cm³/mol. The van der Waals surface area contributed by atoms with Crippen molar-refractivity contribution in [3.05, 3.63) is 82.8 Å². The summed E-state index contributed by atoms with van der Waals surface area (Å²) in [5.41, 5.74) is 2.22. The number of carbonyl (C=O) groups excluding carboxylic acids is 1. The third kappa shape index (κ3) is 4.80. The lowest BCUT2D eigenvalue weighted by atomic mass is 10.0. The Balaban J connectivity index is 1.35. The van der Waals surface area contributed by atoms with E-state index in [0.717, 1.165) is 18.9 Å². The van der Waals surface area contributed by atoms with Crippen LogP contribution in [-0.2, 0) is 0 Å². The summed E-state index contributed by atoms with van der Waals surface area (Å²) < 4.78 is 26.9. The number of aromatic amines is 1. The van der Waals surface area contributed by atoms with Crippen molar-refractivity contribution in [3.63, 3.8) is 0 Å². The van der Waals surface area contributed by atoms with Crippen molar-refractivity contribution in [2.24, 2.45) is 0 Å². The number of anilines is 2. The summed E-state index contributed by atoms with van der Waals surface area (Å²) in [4.78, 5) is 31.1. The average Bonchev–Trinajstić information content (AvgIpc) is 2.79. The van der Waals surface area contributed by atoms with Gasteiger partial charge >= 0.3 is 6.03 Å². The largest absolute Gasteiger partial charge is 0.367 e. The Morgan fingerprint density at radius 3 is 2.31 bits per heavy atom. The number of urea groups is 1. The zero-order chi connectivity index (χ0) is 22.7. The lowest BCUT2D eigenvalue weighted by Crippen LogP contribution is -2.47. The van der Waals surface area contributed by atoms with E-state index in [1.165, 1.54) is 12.1 Å². The number of aromatic nitrogens is 1. The van der Waals surface area contributed by atoms with Crippen molar-refractivity contribution in [3.8, 4) is 11.1 Å². The first-order valence-corrected chi connectivity index (χ1v) is 10.4. The number of hydrogen-bond acceptors (Lipinski definition) is 3. The Bertz CT molecular complexity index is 1130. The molecule has 6 nitrogen and oxygen atoms in total. The Morgan fingerprint density at radius 2 is 1.69 bits per heavy atom. The standard InChI is InChI=1S/C24H24F2N4O2/c1-29(21-8-11-30(12-9-21)22-3-2-10-27-23(22)31)24(32)28-20-6-4-16(5-7-20)17-13-18(25)15-19(26)14-17/h2-7,10,13-15,21H,8-9,11-12H2,1H3,(H,27,31)(H,28,32). The molecule has 1 fully saturated rings. The van der Waals surface area contributed by atoms with Crippen LogP contribution in [0.1, 0.15) is 12.8 Å². The lowest BCUT2D eigenvalue weighted by Gasteiger charge is -2.37. The van der Waals surface area contributed by atoms with Crippen LogP contribution in [-0.4, -0.2) is 42.1 Å². The van der Waals surface area contributed by atoms with Gasteiger partial charge in [-0.25, -0.2) is 13.6 Å². The molecule has 166 valence electrons. The third-order valence-corrected chi connectivity index (χ3v) is 5.80. The maximum atomic E-state index is 13.4. The van der Waals surface area contributed by atoms with Gasteiger partial charge in [-0.15, -0.1) is 0 Å². The van der Waals surface area contributed by atoms with Crippen LogP contribution in [0.5, 0.6) is 0 Å². The van der Waals surface area contributed by atoms with Crippen molar-refractivity contribution in [1.82, 2.24) is 9.88 Å². The Labute approximate surface area is 184 Å². The molecule has 1 aliphatic rings. The van der Waals surface area contributed by atoms with Crippen LogP contribution in [0.3, 0.4) is 0 Å². The van der Waals surface area contributed by atoms with E-state index in [1.807, 2.05) is 4.90 Å². The second kappa shape index (κ2) is 9.21. The van der Waals surface area contributed by atoms with Gasteiger partial charge in [-0.05, 0) is 60.4 Å². The second-order valence-electron chi connectivity index (χ2n) is 7.88. The van der Waals surface area contributed by atoms with Gasteiger partial charge in [-0.3, -0.25) is 4.79 Å². The molecule has 32 heavy (non-hydrogen) atoms. The van der Waals surface area contributed by atoms with E-state index in [2.05, 4.69) is 10.3 Å². The van der Waals surface area contributed by atoms with Gasteiger partial charge in [0.2, 0.25) is 0 Å². The summed E-state index contributed by atoms with van der Waals surface area (Å²) in [5, 5.41) is 2.86. The summed E-state index contributed by atoms with van der Waals surface area (Å²) >= 11 is 0. The quantitative estimate of drug-likeness (QED) is 0.632. The number of nitrogens with one attached hydrogen (secondary N) is 2. The molecule has 2 N–H and O–H groups in total.